The standard InChI is InChI=1S/C20H23N4O2P/c1-3-26-27(25,4-2)18-10-6-9-17(12-18)24-20-13-19(22-14-23-20)15-7-5-8-16(21)11-15/h5-14H,3-4,21H2,1-2H3,(H,22,23,24). The van der Waals surface area contributed by atoms with Crippen molar-refractivity contribution >= 4 is 29.9 Å². The summed E-state index contributed by atoms with van der Waals surface area (Å²) in [7, 11) is -2.83. The summed E-state index contributed by atoms with van der Waals surface area (Å²) in [5.41, 5.74) is 9.01. The van der Waals surface area contributed by atoms with Gasteiger partial charge in [0.15, 0.2) is 0 Å². The monoisotopic (exact) mass is 382 g/mol. The van der Waals surface area contributed by atoms with Crippen molar-refractivity contribution in [2.45, 2.75) is 13.8 Å². The molecule has 0 aliphatic rings. The number of benzene rings is 2. The van der Waals surface area contributed by atoms with Crippen molar-refractivity contribution in [1.82, 2.24) is 9.97 Å². The fourth-order valence-corrected chi connectivity index (χ4v) is 4.54. The summed E-state index contributed by atoms with van der Waals surface area (Å²) < 4.78 is 18.5. The van der Waals surface area contributed by atoms with E-state index >= 15 is 0 Å². The maximum atomic E-state index is 13.0. The number of nitrogen functional groups attached to an aromatic ring is 1. The summed E-state index contributed by atoms with van der Waals surface area (Å²) in [6.45, 7) is 4.14. The molecule has 0 radical (unpaired) electrons. The molecule has 7 heteroatoms. The zero-order valence-corrected chi connectivity index (χ0v) is 16.3. The second kappa shape index (κ2) is 8.33. The first-order valence-electron chi connectivity index (χ1n) is 8.83. The van der Waals surface area contributed by atoms with Crippen LogP contribution in [-0.4, -0.2) is 22.7 Å². The SMILES string of the molecule is CCOP(=O)(CC)c1cccc(Nc2cc(-c3cccc(N)c3)ncn2)c1. The lowest BCUT2D eigenvalue weighted by Crippen LogP contribution is -2.10. The molecule has 1 aromatic heterocycles. The van der Waals surface area contributed by atoms with Crippen LogP contribution in [0.25, 0.3) is 11.3 Å². The van der Waals surface area contributed by atoms with Crippen molar-refractivity contribution in [3.8, 4) is 11.3 Å². The smallest absolute Gasteiger partial charge is 0.231 e. The van der Waals surface area contributed by atoms with Gasteiger partial charge in [0.05, 0.1) is 12.3 Å². The average Bonchev–Trinajstić information content (AvgIpc) is 2.68. The molecular weight excluding hydrogens is 359 g/mol. The van der Waals surface area contributed by atoms with Crippen molar-refractivity contribution in [2.75, 3.05) is 23.8 Å². The molecule has 1 atom stereocenters. The molecule has 0 saturated carbocycles. The van der Waals surface area contributed by atoms with Crippen LogP contribution < -0.4 is 16.4 Å². The van der Waals surface area contributed by atoms with Crippen molar-refractivity contribution in [3.63, 3.8) is 0 Å². The Hall–Kier alpha value is -2.69. The Morgan fingerprint density at radius 3 is 2.63 bits per heavy atom. The first-order valence-corrected chi connectivity index (χ1v) is 10.6. The highest BCUT2D eigenvalue weighted by atomic mass is 31.2. The molecule has 0 fully saturated rings. The van der Waals surface area contributed by atoms with Gasteiger partial charge >= 0.3 is 0 Å². The zero-order valence-electron chi connectivity index (χ0n) is 15.4. The minimum atomic E-state index is -2.83. The number of hydrogen-bond acceptors (Lipinski definition) is 6. The van der Waals surface area contributed by atoms with Crippen molar-refractivity contribution in [1.29, 1.82) is 0 Å². The molecule has 3 aromatic rings. The number of rotatable bonds is 7. The summed E-state index contributed by atoms with van der Waals surface area (Å²) in [4.78, 5) is 8.59. The highest BCUT2D eigenvalue weighted by molar-refractivity contribution is 7.66. The fourth-order valence-electron chi connectivity index (χ4n) is 2.78. The van der Waals surface area contributed by atoms with E-state index in [0.717, 1.165) is 16.9 Å². The summed E-state index contributed by atoms with van der Waals surface area (Å²) in [5, 5.41) is 3.94. The fraction of sp³-hybridized carbons (Fsp3) is 0.200. The van der Waals surface area contributed by atoms with E-state index in [1.54, 1.807) is 0 Å². The molecule has 0 aliphatic carbocycles. The maximum absolute atomic E-state index is 13.0. The van der Waals surface area contributed by atoms with Gasteiger partial charge < -0.3 is 15.6 Å². The van der Waals surface area contributed by atoms with Crippen LogP contribution in [0.5, 0.6) is 0 Å². The van der Waals surface area contributed by atoms with Gasteiger partial charge in [0.1, 0.15) is 12.1 Å². The van der Waals surface area contributed by atoms with Crippen LogP contribution >= 0.6 is 7.37 Å². The normalized spacial score (nSPS) is 13.1. The Morgan fingerprint density at radius 1 is 1.07 bits per heavy atom. The Bertz CT molecular complexity index is 977. The number of hydrogen-bond donors (Lipinski definition) is 2. The van der Waals surface area contributed by atoms with Gasteiger partial charge in [-0.15, -0.1) is 0 Å². The largest absolute Gasteiger partial charge is 0.399 e. The highest BCUT2D eigenvalue weighted by Crippen LogP contribution is 2.45. The Balaban J connectivity index is 1.87. The third-order valence-corrected chi connectivity index (χ3v) is 6.69. The topological polar surface area (TPSA) is 90.1 Å². The van der Waals surface area contributed by atoms with E-state index in [1.807, 2.05) is 68.4 Å². The molecule has 0 amide bonds. The number of anilines is 3. The van der Waals surface area contributed by atoms with Crippen LogP contribution in [0.15, 0.2) is 60.9 Å². The van der Waals surface area contributed by atoms with E-state index in [-0.39, 0.29) is 0 Å². The molecule has 1 unspecified atom stereocenters. The lowest BCUT2D eigenvalue weighted by Gasteiger charge is -2.17. The van der Waals surface area contributed by atoms with Gasteiger partial charge in [-0.05, 0) is 37.3 Å². The molecule has 140 valence electrons. The molecule has 6 nitrogen and oxygen atoms in total. The van der Waals surface area contributed by atoms with E-state index in [4.69, 9.17) is 10.3 Å². The Morgan fingerprint density at radius 2 is 1.89 bits per heavy atom. The van der Waals surface area contributed by atoms with Crippen LogP contribution in [0.2, 0.25) is 0 Å². The van der Waals surface area contributed by atoms with E-state index < -0.39 is 7.37 Å². The maximum Gasteiger partial charge on any atom is 0.231 e. The van der Waals surface area contributed by atoms with Gasteiger partial charge in [-0.1, -0.05) is 25.1 Å². The van der Waals surface area contributed by atoms with Crippen LogP contribution in [0, 0.1) is 0 Å². The van der Waals surface area contributed by atoms with Crippen LogP contribution in [0.4, 0.5) is 17.2 Å². The summed E-state index contributed by atoms with van der Waals surface area (Å²) in [6, 6.07) is 16.8. The summed E-state index contributed by atoms with van der Waals surface area (Å²) >= 11 is 0. The molecule has 0 saturated heterocycles. The second-order valence-electron chi connectivity index (χ2n) is 6.00. The minimum Gasteiger partial charge on any atom is -0.399 e. The molecule has 3 N–H and O–H groups in total. The summed E-state index contributed by atoms with van der Waals surface area (Å²) in [6.07, 6.45) is 1.96. The molecule has 0 aliphatic heterocycles. The third kappa shape index (κ3) is 4.54. The van der Waals surface area contributed by atoms with E-state index in [0.29, 0.717) is 29.6 Å². The van der Waals surface area contributed by atoms with Gasteiger partial charge in [-0.25, -0.2) is 9.97 Å². The van der Waals surface area contributed by atoms with Gasteiger partial charge in [0.25, 0.3) is 0 Å². The highest BCUT2D eigenvalue weighted by Gasteiger charge is 2.23. The number of nitrogens with one attached hydrogen (secondary N) is 1. The summed E-state index contributed by atoms with van der Waals surface area (Å²) in [5.74, 6) is 0.641. The number of nitrogens with two attached hydrogens (primary N) is 1. The zero-order chi connectivity index (χ0) is 19.3. The van der Waals surface area contributed by atoms with E-state index in [1.165, 1.54) is 6.33 Å². The molecular formula is C20H23N4O2P. The predicted octanol–water partition coefficient (Wildman–Crippen LogP) is 4.43. The molecule has 2 aromatic carbocycles. The van der Waals surface area contributed by atoms with Gasteiger partial charge in [0.2, 0.25) is 7.37 Å². The molecule has 1 heterocycles. The predicted molar refractivity (Wildman–Crippen MR) is 111 cm³/mol. The van der Waals surface area contributed by atoms with Crippen LogP contribution in [0.3, 0.4) is 0 Å². The van der Waals surface area contributed by atoms with Crippen molar-refractivity contribution in [3.05, 3.63) is 60.9 Å². The molecule has 27 heavy (non-hydrogen) atoms. The first-order chi connectivity index (χ1) is 13.0. The lowest BCUT2D eigenvalue weighted by atomic mass is 10.1. The number of aromatic nitrogens is 2. The second-order valence-corrected chi connectivity index (χ2v) is 8.75. The molecule has 3 rings (SSSR count). The van der Waals surface area contributed by atoms with Crippen molar-refractivity contribution < 1.29 is 9.09 Å². The Kier molecular flexibility index (Phi) is 5.89. The van der Waals surface area contributed by atoms with Gasteiger partial charge in [-0.2, -0.15) is 0 Å². The van der Waals surface area contributed by atoms with Crippen molar-refractivity contribution in [2.24, 2.45) is 0 Å². The average molecular weight is 382 g/mol. The lowest BCUT2D eigenvalue weighted by molar-refractivity contribution is 0.341. The van der Waals surface area contributed by atoms with E-state index in [2.05, 4.69) is 15.3 Å². The minimum absolute atomic E-state index is 0.415. The van der Waals surface area contributed by atoms with E-state index in [9.17, 15) is 4.57 Å². The quantitative estimate of drug-likeness (QED) is 0.464. The van der Waals surface area contributed by atoms with Gasteiger partial charge in [-0.3, -0.25) is 4.57 Å². The molecule has 0 spiro atoms. The molecule has 0 bridgehead atoms. The van der Waals surface area contributed by atoms with Gasteiger partial charge in [0, 0.05) is 34.5 Å². The third-order valence-electron chi connectivity index (χ3n) is 4.12. The van der Waals surface area contributed by atoms with Crippen LogP contribution in [0.1, 0.15) is 13.8 Å². The van der Waals surface area contributed by atoms with Crippen LogP contribution in [-0.2, 0) is 9.09 Å². The number of nitrogens with zero attached hydrogens (tertiary/aromatic N) is 2. The Labute approximate surface area is 159 Å². The first kappa shape index (κ1) is 19.1.